The van der Waals surface area contributed by atoms with Gasteiger partial charge in [-0.3, -0.25) is 14.5 Å². The summed E-state index contributed by atoms with van der Waals surface area (Å²) in [6.07, 6.45) is 1.71. The van der Waals surface area contributed by atoms with Gasteiger partial charge in [-0.05, 0) is 76.5 Å². The Kier molecular flexibility index (Phi) is 8.07. The third-order valence-electron chi connectivity index (χ3n) is 6.04. The van der Waals surface area contributed by atoms with Crippen LogP contribution >= 0.6 is 39.3 Å². The summed E-state index contributed by atoms with van der Waals surface area (Å²) in [6, 6.07) is 24.9. The molecule has 1 aliphatic heterocycles. The number of amides is 2. The first kappa shape index (κ1) is 26.4. The van der Waals surface area contributed by atoms with Gasteiger partial charge in [-0.2, -0.15) is 0 Å². The first-order valence-electron chi connectivity index (χ1n) is 12.0. The Hall–Kier alpha value is -3.26. The lowest BCUT2D eigenvalue weighted by molar-refractivity contribution is -0.123. The number of hydrogen-bond acceptors (Lipinski definition) is 5. The van der Waals surface area contributed by atoms with E-state index in [1.165, 1.54) is 4.90 Å². The van der Waals surface area contributed by atoms with Crippen LogP contribution in [-0.4, -0.2) is 22.7 Å². The van der Waals surface area contributed by atoms with E-state index in [1.807, 2.05) is 85.8 Å². The van der Waals surface area contributed by atoms with Crippen LogP contribution < -0.4 is 9.47 Å². The van der Waals surface area contributed by atoms with Gasteiger partial charge in [0.05, 0.1) is 18.1 Å². The van der Waals surface area contributed by atoms with Crippen molar-refractivity contribution in [3.63, 3.8) is 0 Å². The molecule has 0 atom stereocenters. The number of halogens is 2. The third kappa shape index (κ3) is 5.75. The minimum atomic E-state index is -0.319. The summed E-state index contributed by atoms with van der Waals surface area (Å²) in [5, 5.41) is 2.46. The smallest absolute Gasteiger partial charge is 0.293 e. The van der Waals surface area contributed by atoms with Crippen LogP contribution in [0.15, 0.2) is 88.2 Å². The number of imide groups is 1. The van der Waals surface area contributed by atoms with Gasteiger partial charge in [0.2, 0.25) is 0 Å². The molecule has 2 amide bonds. The highest BCUT2D eigenvalue weighted by Crippen LogP contribution is 2.39. The summed E-state index contributed by atoms with van der Waals surface area (Å²) in [5.74, 6) is 0.793. The molecule has 4 aromatic carbocycles. The Morgan fingerprint density at radius 2 is 1.68 bits per heavy atom. The number of hydrogen-bond donors (Lipinski definition) is 0. The van der Waals surface area contributed by atoms with Gasteiger partial charge in [0.1, 0.15) is 6.61 Å². The van der Waals surface area contributed by atoms with Gasteiger partial charge in [0.15, 0.2) is 11.5 Å². The van der Waals surface area contributed by atoms with Crippen molar-refractivity contribution in [2.45, 2.75) is 20.1 Å². The Morgan fingerprint density at radius 1 is 0.947 bits per heavy atom. The molecule has 1 saturated heterocycles. The van der Waals surface area contributed by atoms with Gasteiger partial charge in [0, 0.05) is 9.50 Å². The van der Waals surface area contributed by atoms with Gasteiger partial charge in [-0.1, -0.05) is 82.1 Å². The first-order valence-corrected chi connectivity index (χ1v) is 14.0. The summed E-state index contributed by atoms with van der Waals surface area (Å²) in [4.78, 5) is 27.8. The van der Waals surface area contributed by atoms with E-state index < -0.39 is 0 Å². The third-order valence-corrected chi connectivity index (χ3v) is 7.89. The maximum absolute atomic E-state index is 13.3. The van der Waals surface area contributed by atoms with Gasteiger partial charge >= 0.3 is 0 Å². The van der Waals surface area contributed by atoms with E-state index in [2.05, 4.69) is 15.9 Å². The van der Waals surface area contributed by atoms with Crippen LogP contribution in [0.3, 0.4) is 0 Å². The molecule has 1 heterocycles. The van der Waals surface area contributed by atoms with Gasteiger partial charge in [0.25, 0.3) is 11.1 Å². The summed E-state index contributed by atoms with van der Waals surface area (Å²) < 4.78 is 12.6. The number of ether oxygens (including phenoxy) is 2. The maximum atomic E-state index is 13.3. The standard InChI is InChI=1S/C30H23BrClNO4S/c1-2-36-26-14-22(25(31)16-27(26)37-18-19-10-12-23(32)13-11-19)15-28-29(34)33(30(35)38-28)17-21-8-5-7-20-6-3-4-9-24(20)21/h3-16H,2,17-18H2,1H3/b28-15+. The van der Waals surface area contributed by atoms with E-state index in [4.69, 9.17) is 21.1 Å². The van der Waals surface area contributed by atoms with Crippen LogP contribution in [0.4, 0.5) is 4.79 Å². The van der Waals surface area contributed by atoms with Crippen molar-refractivity contribution in [3.05, 3.63) is 110 Å². The quantitative estimate of drug-likeness (QED) is 0.188. The number of carbonyl (C=O) groups is 2. The molecule has 1 fully saturated rings. The Bertz CT molecular complexity index is 1550. The second kappa shape index (κ2) is 11.6. The predicted molar refractivity (Wildman–Crippen MR) is 157 cm³/mol. The second-order valence-electron chi connectivity index (χ2n) is 8.57. The summed E-state index contributed by atoms with van der Waals surface area (Å²) in [5.41, 5.74) is 2.61. The number of carbonyl (C=O) groups excluding carboxylic acids is 2. The zero-order valence-electron chi connectivity index (χ0n) is 20.4. The zero-order chi connectivity index (χ0) is 26.6. The number of rotatable bonds is 8. The first-order chi connectivity index (χ1) is 18.4. The minimum Gasteiger partial charge on any atom is -0.490 e. The molecule has 4 aromatic rings. The van der Waals surface area contributed by atoms with E-state index in [1.54, 1.807) is 6.08 Å². The summed E-state index contributed by atoms with van der Waals surface area (Å²) in [6.45, 7) is 2.89. The molecule has 8 heteroatoms. The normalized spacial score (nSPS) is 14.5. The van der Waals surface area contributed by atoms with Crippen molar-refractivity contribution in [2.24, 2.45) is 0 Å². The van der Waals surface area contributed by atoms with Crippen LogP contribution in [0, 0.1) is 0 Å². The topological polar surface area (TPSA) is 55.8 Å². The summed E-state index contributed by atoms with van der Waals surface area (Å²) >= 11 is 10.5. The number of fused-ring (bicyclic) bond motifs is 1. The maximum Gasteiger partial charge on any atom is 0.293 e. The molecule has 5 rings (SSSR count). The molecular formula is C30H23BrClNO4S. The van der Waals surface area contributed by atoms with E-state index in [9.17, 15) is 9.59 Å². The molecule has 0 bridgehead atoms. The fourth-order valence-corrected chi connectivity index (χ4v) is 5.55. The van der Waals surface area contributed by atoms with E-state index >= 15 is 0 Å². The highest BCUT2D eigenvalue weighted by atomic mass is 79.9. The van der Waals surface area contributed by atoms with Crippen molar-refractivity contribution in [3.8, 4) is 11.5 Å². The largest absolute Gasteiger partial charge is 0.490 e. The SMILES string of the molecule is CCOc1cc(/C=C2/SC(=O)N(Cc3cccc4ccccc34)C2=O)c(Br)cc1OCc1ccc(Cl)cc1. The average Bonchev–Trinajstić information content (AvgIpc) is 3.18. The fraction of sp³-hybridized carbons (Fsp3) is 0.133. The fourth-order valence-electron chi connectivity index (χ4n) is 4.16. The molecule has 0 saturated carbocycles. The van der Waals surface area contributed by atoms with Gasteiger partial charge in [-0.15, -0.1) is 0 Å². The van der Waals surface area contributed by atoms with E-state index in [0.29, 0.717) is 44.7 Å². The number of nitrogens with zero attached hydrogens (tertiary/aromatic N) is 1. The highest BCUT2D eigenvalue weighted by Gasteiger charge is 2.35. The lowest BCUT2D eigenvalue weighted by Crippen LogP contribution is -2.27. The van der Waals surface area contributed by atoms with Crippen molar-refractivity contribution in [1.29, 1.82) is 0 Å². The molecule has 0 radical (unpaired) electrons. The molecule has 0 unspecified atom stereocenters. The van der Waals surface area contributed by atoms with Crippen LogP contribution in [0.1, 0.15) is 23.6 Å². The Balaban J connectivity index is 1.38. The predicted octanol–water partition coefficient (Wildman–Crippen LogP) is 8.47. The van der Waals surface area contributed by atoms with Crippen LogP contribution in [0.2, 0.25) is 5.02 Å². The molecule has 0 aromatic heterocycles. The number of thioether (sulfide) groups is 1. The van der Waals surface area contributed by atoms with Gasteiger partial charge < -0.3 is 9.47 Å². The monoisotopic (exact) mass is 607 g/mol. The number of benzene rings is 4. The zero-order valence-corrected chi connectivity index (χ0v) is 23.6. The Labute approximate surface area is 238 Å². The second-order valence-corrected chi connectivity index (χ2v) is 10.9. The van der Waals surface area contributed by atoms with Crippen LogP contribution in [0.25, 0.3) is 16.8 Å². The molecule has 0 spiro atoms. The molecule has 38 heavy (non-hydrogen) atoms. The van der Waals surface area contributed by atoms with E-state index in [-0.39, 0.29) is 17.7 Å². The molecule has 1 aliphatic rings. The minimum absolute atomic E-state index is 0.214. The lowest BCUT2D eigenvalue weighted by Gasteiger charge is -2.15. The highest BCUT2D eigenvalue weighted by molar-refractivity contribution is 9.10. The van der Waals surface area contributed by atoms with E-state index in [0.717, 1.165) is 33.7 Å². The molecular weight excluding hydrogens is 586 g/mol. The van der Waals surface area contributed by atoms with Crippen molar-refractivity contribution in [1.82, 2.24) is 4.90 Å². The Morgan fingerprint density at radius 3 is 2.47 bits per heavy atom. The average molecular weight is 609 g/mol. The molecule has 0 N–H and O–H groups in total. The van der Waals surface area contributed by atoms with Crippen molar-refractivity contribution in [2.75, 3.05) is 6.61 Å². The van der Waals surface area contributed by atoms with Crippen LogP contribution in [0.5, 0.6) is 11.5 Å². The molecule has 0 aliphatic carbocycles. The molecule has 192 valence electrons. The van der Waals surface area contributed by atoms with Gasteiger partial charge in [-0.25, -0.2) is 0 Å². The van der Waals surface area contributed by atoms with Crippen molar-refractivity contribution >= 4 is 67.3 Å². The van der Waals surface area contributed by atoms with Crippen LogP contribution in [-0.2, 0) is 17.9 Å². The van der Waals surface area contributed by atoms with Crippen molar-refractivity contribution < 1.29 is 19.1 Å². The molecule has 5 nitrogen and oxygen atoms in total. The summed E-state index contributed by atoms with van der Waals surface area (Å²) in [7, 11) is 0. The lowest BCUT2D eigenvalue weighted by atomic mass is 10.0.